The highest BCUT2D eigenvalue weighted by atomic mass is 16.2. The van der Waals surface area contributed by atoms with Crippen molar-refractivity contribution < 1.29 is 9.59 Å². The smallest absolute Gasteiger partial charge is 0.236 e. The summed E-state index contributed by atoms with van der Waals surface area (Å²) in [5, 5.41) is 5.71. The van der Waals surface area contributed by atoms with Crippen molar-refractivity contribution in [1.82, 2.24) is 15.5 Å². The van der Waals surface area contributed by atoms with E-state index in [1.165, 1.54) is 4.90 Å². The van der Waals surface area contributed by atoms with E-state index in [2.05, 4.69) is 10.6 Å². The Morgan fingerprint density at radius 3 is 2.85 bits per heavy atom. The summed E-state index contributed by atoms with van der Waals surface area (Å²) in [6.07, 6.45) is 0.473. The number of carbonyl (C=O) groups is 2. The lowest BCUT2D eigenvalue weighted by Crippen LogP contribution is -2.39. The number of amides is 2. The highest BCUT2D eigenvalue weighted by Crippen LogP contribution is 1.98. The fourth-order valence-electron chi connectivity index (χ4n) is 1.14. The SMILES string of the molecule is CN(C)C(=O)CNC1CNC(=O)C1. The van der Waals surface area contributed by atoms with Crippen molar-refractivity contribution in [2.75, 3.05) is 27.2 Å². The minimum absolute atomic E-state index is 0.0272. The minimum atomic E-state index is 0.0272. The van der Waals surface area contributed by atoms with Crippen molar-refractivity contribution in [1.29, 1.82) is 0 Å². The van der Waals surface area contributed by atoms with Gasteiger partial charge in [0.15, 0.2) is 0 Å². The maximum absolute atomic E-state index is 11.1. The molecule has 0 saturated carbocycles. The van der Waals surface area contributed by atoms with E-state index in [1.807, 2.05) is 0 Å². The van der Waals surface area contributed by atoms with Crippen LogP contribution in [0.2, 0.25) is 0 Å². The van der Waals surface area contributed by atoms with Crippen LogP contribution in [0.15, 0.2) is 0 Å². The average molecular weight is 185 g/mol. The molecule has 2 amide bonds. The third-order valence-electron chi connectivity index (χ3n) is 2.02. The first-order chi connectivity index (χ1) is 6.09. The Kier molecular flexibility index (Phi) is 3.25. The average Bonchev–Trinajstić information content (AvgIpc) is 2.47. The van der Waals surface area contributed by atoms with Crippen LogP contribution in [0.4, 0.5) is 0 Å². The van der Waals surface area contributed by atoms with Crippen molar-refractivity contribution in [3.05, 3.63) is 0 Å². The van der Waals surface area contributed by atoms with Crippen LogP contribution in [0.3, 0.4) is 0 Å². The molecule has 5 heteroatoms. The van der Waals surface area contributed by atoms with E-state index in [0.29, 0.717) is 19.5 Å². The van der Waals surface area contributed by atoms with E-state index in [1.54, 1.807) is 14.1 Å². The normalized spacial score (nSPS) is 21.4. The third kappa shape index (κ3) is 3.02. The summed E-state index contributed by atoms with van der Waals surface area (Å²) >= 11 is 0. The number of nitrogens with zero attached hydrogens (tertiary/aromatic N) is 1. The van der Waals surface area contributed by atoms with E-state index in [0.717, 1.165) is 0 Å². The highest BCUT2D eigenvalue weighted by Gasteiger charge is 2.21. The van der Waals surface area contributed by atoms with Gasteiger partial charge in [-0.25, -0.2) is 0 Å². The fourth-order valence-corrected chi connectivity index (χ4v) is 1.14. The molecule has 5 nitrogen and oxygen atoms in total. The molecule has 0 bridgehead atoms. The molecule has 1 heterocycles. The zero-order valence-electron chi connectivity index (χ0n) is 7.96. The van der Waals surface area contributed by atoms with Crippen LogP contribution in [0, 0.1) is 0 Å². The van der Waals surface area contributed by atoms with Crippen LogP contribution in [0.25, 0.3) is 0 Å². The predicted molar refractivity (Wildman–Crippen MR) is 48.1 cm³/mol. The van der Waals surface area contributed by atoms with Gasteiger partial charge in [0.05, 0.1) is 6.54 Å². The Morgan fingerprint density at radius 1 is 1.69 bits per heavy atom. The zero-order chi connectivity index (χ0) is 9.84. The summed E-state index contributed by atoms with van der Waals surface area (Å²) in [4.78, 5) is 23.4. The Hall–Kier alpha value is -1.10. The van der Waals surface area contributed by atoms with Crippen molar-refractivity contribution >= 4 is 11.8 Å². The molecule has 0 aromatic rings. The maximum atomic E-state index is 11.1. The summed E-state index contributed by atoms with van der Waals surface area (Å²) in [6.45, 7) is 0.923. The van der Waals surface area contributed by atoms with Gasteiger partial charge in [-0.1, -0.05) is 0 Å². The standard InChI is InChI=1S/C8H15N3O2/c1-11(2)8(13)5-9-6-3-7(12)10-4-6/h6,9H,3-5H2,1-2H3,(H,10,12). The molecule has 0 aliphatic carbocycles. The number of rotatable bonds is 3. The maximum Gasteiger partial charge on any atom is 0.236 e. The largest absolute Gasteiger partial charge is 0.354 e. The summed E-state index contributed by atoms with van der Waals surface area (Å²) in [7, 11) is 3.42. The van der Waals surface area contributed by atoms with Gasteiger partial charge in [-0.3, -0.25) is 9.59 Å². The minimum Gasteiger partial charge on any atom is -0.354 e. The van der Waals surface area contributed by atoms with E-state index < -0.39 is 0 Å². The topological polar surface area (TPSA) is 61.4 Å². The lowest BCUT2D eigenvalue weighted by Gasteiger charge is -2.13. The van der Waals surface area contributed by atoms with E-state index in [-0.39, 0.29) is 17.9 Å². The number of hydrogen-bond acceptors (Lipinski definition) is 3. The summed E-state index contributed by atoms with van der Waals surface area (Å²) in [6, 6.07) is 0.108. The second-order valence-electron chi connectivity index (χ2n) is 3.37. The first kappa shape index (κ1) is 9.98. The van der Waals surface area contributed by atoms with Crippen LogP contribution < -0.4 is 10.6 Å². The van der Waals surface area contributed by atoms with Gasteiger partial charge in [-0.15, -0.1) is 0 Å². The molecular formula is C8H15N3O2. The molecule has 0 aromatic carbocycles. The van der Waals surface area contributed by atoms with Crippen LogP contribution in [-0.4, -0.2) is 49.9 Å². The van der Waals surface area contributed by atoms with E-state index in [9.17, 15) is 9.59 Å². The Labute approximate surface area is 77.5 Å². The molecule has 1 rings (SSSR count). The quantitative estimate of drug-likeness (QED) is 0.565. The Morgan fingerprint density at radius 2 is 2.38 bits per heavy atom. The monoisotopic (exact) mass is 185 g/mol. The molecule has 0 aromatic heterocycles. The third-order valence-corrected chi connectivity index (χ3v) is 2.02. The van der Waals surface area contributed by atoms with Gasteiger partial charge in [-0.05, 0) is 0 Å². The molecule has 0 radical (unpaired) electrons. The molecule has 1 fully saturated rings. The molecule has 0 spiro atoms. The van der Waals surface area contributed by atoms with Gasteiger partial charge in [0, 0.05) is 33.1 Å². The van der Waals surface area contributed by atoms with Crippen LogP contribution in [0.1, 0.15) is 6.42 Å². The molecular weight excluding hydrogens is 170 g/mol. The molecule has 1 aliphatic heterocycles. The van der Waals surface area contributed by atoms with Crippen LogP contribution in [0.5, 0.6) is 0 Å². The van der Waals surface area contributed by atoms with Crippen molar-refractivity contribution in [2.24, 2.45) is 0 Å². The van der Waals surface area contributed by atoms with Crippen molar-refractivity contribution in [2.45, 2.75) is 12.5 Å². The molecule has 1 aliphatic rings. The molecule has 1 atom stereocenters. The Balaban J connectivity index is 2.19. The number of hydrogen-bond donors (Lipinski definition) is 2. The predicted octanol–water partition coefficient (Wildman–Crippen LogP) is -1.45. The van der Waals surface area contributed by atoms with E-state index >= 15 is 0 Å². The molecule has 2 N–H and O–H groups in total. The second kappa shape index (κ2) is 4.23. The second-order valence-corrected chi connectivity index (χ2v) is 3.37. The van der Waals surface area contributed by atoms with Gasteiger partial charge in [0.2, 0.25) is 11.8 Å². The van der Waals surface area contributed by atoms with Crippen LogP contribution in [-0.2, 0) is 9.59 Å². The van der Waals surface area contributed by atoms with Gasteiger partial charge in [-0.2, -0.15) is 0 Å². The number of nitrogens with one attached hydrogen (secondary N) is 2. The van der Waals surface area contributed by atoms with Crippen LogP contribution >= 0.6 is 0 Å². The van der Waals surface area contributed by atoms with Gasteiger partial charge in [0.25, 0.3) is 0 Å². The van der Waals surface area contributed by atoms with E-state index in [4.69, 9.17) is 0 Å². The highest BCUT2D eigenvalue weighted by molar-refractivity contribution is 5.80. The summed E-state index contributed by atoms with van der Waals surface area (Å²) in [5.74, 6) is 0.0779. The first-order valence-corrected chi connectivity index (χ1v) is 4.30. The van der Waals surface area contributed by atoms with Crippen molar-refractivity contribution in [3.8, 4) is 0 Å². The van der Waals surface area contributed by atoms with Gasteiger partial charge < -0.3 is 15.5 Å². The molecule has 13 heavy (non-hydrogen) atoms. The lowest BCUT2D eigenvalue weighted by atomic mass is 10.2. The number of likely N-dealkylation sites (N-methyl/N-ethyl adjacent to an activating group) is 1. The lowest BCUT2D eigenvalue weighted by molar-refractivity contribution is -0.128. The zero-order valence-corrected chi connectivity index (χ0v) is 7.96. The van der Waals surface area contributed by atoms with Gasteiger partial charge in [0.1, 0.15) is 0 Å². The number of carbonyl (C=O) groups excluding carboxylic acids is 2. The Bertz CT molecular complexity index is 215. The fraction of sp³-hybridized carbons (Fsp3) is 0.750. The first-order valence-electron chi connectivity index (χ1n) is 4.30. The summed E-state index contributed by atoms with van der Waals surface area (Å²) < 4.78 is 0. The van der Waals surface area contributed by atoms with Gasteiger partial charge >= 0.3 is 0 Å². The summed E-state index contributed by atoms with van der Waals surface area (Å²) in [5.41, 5.74) is 0. The van der Waals surface area contributed by atoms with Crippen molar-refractivity contribution in [3.63, 3.8) is 0 Å². The molecule has 1 saturated heterocycles. The molecule has 74 valence electrons. The molecule has 1 unspecified atom stereocenters.